The average molecular weight is 420 g/mol. The lowest BCUT2D eigenvalue weighted by Crippen LogP contribution is -2.39. The van der Waals surface area contributed by atoms with Gasteiger partial charge in [0.15, 0.2) is 11.5 Å². The highest BCUT2D eigenvalue weighted by Crippen LogP contribution is 2.33. The Morgan fingerprint density at radius 1 is 1.16 bits per heavy atom. The third-order valence-electron chi connectivity index (χ3n) is 6.15. The third kappa shape index (κ3) is 4.09. The van der Waals surface area contributed by atoms with Gasteiger partial charge in [0, 0.05) is 43.2 Å². The first-order chi connectivity index (χ1) is 15.2. The molecule has 2 aromatic heterocycles. The van der Waals surface area contributed by atoms with Gasteiger partial charge in [-0.3, -0.25) is 0 Å². The summed E-state index contributed by atoms with van der Waals surface area (Å²) < 4.78 is 5.46. The maximum atomic E-state index is 10.9. The first-order valence-electron chi connectivity index (χ1n) is 10.8. The van der Waals surface area contributed by atoms with Crippen LogP contribution in [-0.4, -0.2) is 65.0 Å². The maximum Gasteiger partial charge on any atom is 0.355 e. The minimum absolute atomic E-state index is 0.0440. The van der Waals surface area contributed by atoms with Gasteiger partial charge in [-0.1, -0.05) is 0 Å². The van der Waals surface area contributed by atoms with Crippen molar-refractivity contribution < 1.29 is 14.9 Å². The van der Waals surface area contributed by atoms with Crippen LogP contribution in [0.1, 0.15) is 30.2 Å². The quantitative estimate of drug-likeness (QED) is 0.660. The Hall–Kier alpha value is -3.09. The van der Waals surface area contributed by atoms with Crippen molar-refractivity contribution in [1.82, 2.24) is 20.5 Å². The molecule has 0 amide bonds. The predicted octanol–water partition coefficient (Wildman–Crippen LogP) is 0.915. The van der Waals surface area contributed by atoms with E-state index in [0.29, 0.717) is 12.2 Å². The van der Waals surface area contributed by atoms with Crippen molar-refractivity contribution in [1.29, 1.82) is 0 Å². The summed E-state index contributed by atoms with van der Waals surface area (Å²) in [6, 6.07) is 8.13. The van der Waals surface area contributed by atoms with E-state index >= 15 is 0 Å². The van der Waals surface area contributed by atoms with Gasteiger partial charge < -0.3 is 19.6 Å². The highest BCUT2D eigenvalue weighted by molar-refractivity contribution is 5.91. The van der Waals surface area contributed by atoms with Gasteiger partial charge in [-0.25, -0.2) is 0 Å². The van der Waals surface area contributed by atoms with Gasteiger partial charge in [0.1, 0.15) is 21.8 Å². The number of aromatic nitrogens is 5. The number of fused-ring (bicyclic) bond motifs is 1. The average Bonchev–Trinajstić information content (AvgIpc) is 2.83. The van der Waals surface area contributed by atoms with Crippen LogP contribution < -0.4 is 14.9 Å². The smallest absolute Gasteiger partial charge is 0.355 e. The molecule has 2 fully saturated rings. The Labute approximate surface area is 181 Å². The van der Waals surface area contributed by atoms with Crippen LogP contribution in [0.3, 0.4) is 0 Å². The minimum atomic E-state index is -0.669. The first kappa shape index (κ1) is 19.8. The van der Waals surface area contributed by atoms with Crippen molar-refractivity contribution in [3.05, 3.63) is 41.7 Å². The van der Waals surface area contributed by atoms with Gasteiger partial charge in [0.05, 0.1) is 18.8 Å². The molecule has 31 heavy (non-hydrogen) atoms. The van der Waals surface area contributed by atoms with Crippen molar-refractivity contribution in [3.8, 4) is 0 Å². The zero-order chi connectivity index (χ0) is 21.2. The highest BCUT2D eigenvalue weighted by Gasteiger charge is 2.31. The number of hydrogen-bond acceptors (Lipinski definition) is 8. The van der Waals surface area contributed by atoms with E-state index in [0.717, 1.165) is 73.7 Å². The second-order valence-electron chi connectivity index (χ2n) is 8.27. The van der Waals surface area contributed by atoms with Crippen molar-refractivity contribution in [2.75, 3.05) is 49.2 Å². The van der Waals surface area contributed by atoms with Gasteiger partial charge in [0.2, 0.25) is 0 Å². The summed E-state index contributed by atoms with van der Waals surface area (Å²) in [4.78, 5) is 4.51. The zero-order valence-electron chi connectivity index (χ0n) is 17.6. The fraction of sp³-hybridized carbons (Fsp3) is 0.500. The van der Waals surface area contributed by atoms with E-state index in [9.17, 15) is 5.11 Å². The summed E-state index contributed by atoms with van der Waals surface area (Å²) in [5.41, 5.74) is 3.43. The van der Waals surface area contributed by atoms with Crippen LogP contribution in [0.4, 0.5) is 11.5 Å². The fourth-order valence-corrected chi connectivity index (χ4v) is 4.50. The third-order valence-corrected chi connectivity index (χ3v) is 6.15. The van der Waals surface area contributed by atoms with E-state index in [-0.39, 0.29) is 5.92 Å². The number of aryl methyl sites for hydroxylation is 1. The first-order valence-corrected chi connectivity index (χ1v) is 10.8. The Morgan fingerprint density at radius 2 is 2.03 bits per heavy atom. The number of benzene rings is 1. The lowest BCUT2D eigenvalue weighted by atomic mass is 9.90. The van der Waals surface area contributed by atoms with Crippen molar-refractivity contribution in [3.63, 3.8) is 0 Å². The largest absolute Gasteiger partial charge is 0.386 e. The van der Waals surface area contributed by atoms with Crippen LogP contribution >= 0.6 is 0 Å². The Morgan fingerprint density at radius 3 is 2.87 bits per heavy atom. The predicted molar refractivity (Wildman–Crippen MR) is 114 cm³/mol. The molecular weight excluding hydrogens is 394 g/mol. The van der Waals surface area contributed by atoms with Gasteiger partial charge in [-0.15, -0.1) is 10.2 Å². The molecule has 2 saturated heterocycles. The molecule has 1 aromatic carbocycles. The molecule has 2 unspecified atom stereocenters. The van der Waals surface area contributed by atoms with E-state index < -0.39 is 6.10 Å². The molecule has 5 rings (SSSR count). The zero-order valence-corrected chi connectivity index (χ0v) is 17.6. The molecule has 4 heterocycles. The van der Waals surface area contributed by atoms with Gasteiger partial charge in [-0.05, 0) is 49.2 Å². The number of morpholine rings is 1. The SMILES string of the molecule is Cc1c#[n+]nc(C(O)C2CCCN(c3nnnc4cc(N5CCOCC5)ccc34)C2)c1. The number of ether oxygens (including phenoxy) is 1. The topological polar surface area (TPSA) is 102 Å². The number of piperidine rings is 1. The van der Waals surface area contributed by atoms with Crippen LogP contribution in [0.2, 0.25) is 0 Å². The van der Waals surface area contributed by atoms with Gasteiger partial charge in [-0.2, -0.15) is 0 Å². The molecule has 3 aromatic rings. The van der Waals surface area contributed by atoms with Crippen molar-refractivity contribution in [2.45, 2.75) is 25.9 Å². The second-order valence-corrected chi connectivity index (χ2v) is 8.27. The van der Waals surface area contributed by atoms with E-state index in [2.05, 4.69) is 59.8 Å². The molecule has 160 valence electrons. The van der Waals surface area contributed by atoms with E-state index in [1.54, 1.807) is 0 Å². The monoisotopic (exact) mass is 420 g/mol. The second kappa shape index (κ2) is 8.57. The number of rotatable bonds is 4. The lowest BCUT2D eigenvalue weighted by Gasteiger charge is -2.35. The lowest BCUT2D eigenvalue weighted by molar-refractivity contribution is -0.380. The van der Waals surface area contributed by atoms with Crippen LogP contribution in [-0.2, 0) is 4.74 Å². The number of hydrogen-bond donors (Lipinski definition) is 1. The van der Waals surface area contributed by atoms with Crippen molar-refractivity contribution >= 4 is 22.4 Å². The normalized spacial score (nSPS) is 20.5. The number of anilines is 2. The van der Waals surface area contributed by atoms with E-state index in [1.165, 1.54) is 0 Å². The standard InChI is InChI=1S/C22H26N7O2/c1-15-11-20(24-23-13-15)21(30)16-3-2-6-29(14-16)22-18-5-4-17(12-19(18)25-27-26-22)28-7-9-31-10-8-28/h4-5,11-12,16,21,30H,2-3,6-10,14H2,1H3/q+1. The summed E-state index contributed by atoms with van der Waals surface area (Å²) >= 11 is 0. The molecule has 1 N–H and O–H groups in total. The molecule has 2 aliphatic rings. The summed E-state index contributed by atoms with van der Waals surface area (Å²) in [5, 5.41) is 32.6. The fourth-order valence-electron chi connectivity index (χ4n) is 4.50. The molecule has 2 aliphatic heterocycles. The molecule has 0 aliphatic carbocycles. The Kier molecular flexibility index (Phi) is 5.49. The van der Waals surface area contributed by atoms with E-state index in [4.69, 9.17) is 4.74 Å². The number of aliphatic hydroxyl groups excluding tert-OH is 1. The highest BCUT2D eigenvalue weighted by atomic mass is 16.5. The molecular formula is C22H26N7O2+. The molecule has 2 atom stereocenters. The van der Waals surface area contributed by atoms with Crippen LogP contribution in [0.25, 0.3) is 10.9 Å². The number of aliphatic hydroxyl groups is 1. The summed E-state index contributed by atoms with van der Waals surface area (Å²) in [6.45, 7) is 6.69. The van der Waals surface area contributed by atoms with Gasteiger partial charge in [0.25, 0.3) is 0 Å². The van der Waals surface area contributed by atoms with Crippen LogP contribution in [0.5, 0.6) is 0 Å². The molecule has 0 radical (unpaired) electrons. The van der Waals surface area contributed by atoms with E-state index in [1.807, 2.05) is 13.0 Å². The number of nitrogens with zero attached hydrogens (tertiary/aromatic N) is 7. The van der Waals surface area contributed by atoms with Gasteiger partial charge >= 0.3 is 6.20 Å². The molecule has 0 saturated carbocycles. The molecule has 9 heteroatoms. The Bertz CT molecular complexity index is 1060. The summed E-state index contributed by atoms with van der Waals surface area (Å²) in [6.07, 6.45) is 4.01. The minimum Gasteiger partial charge on any atom is -0.386 e. The molecule has 0 spiro atoms. The van der Waals surface area contributed by atoms with Crippen molar-refractivity contribution in [2.24, 2.45) is 5.92 Å². The maximum absolute atomic E-state index is 10.9. The van der Waals surface area contributed by atoms with Crippen LogP contribution in [0, 0.1) is 19.0 Å². The summed E-state index contributed by atoms with van der Waals surface area (Å²) in [5.74, 6) is 0.863. The van der Waals surface area contributed by atoms with Crippen LogP contribution in [0.15, 0.2) is 24.3 Å². The summed E-state index contributed by atoms with van der Waals surface area (Å²) in [7, 11) is 0. The molecule has 9 nitrogen and oxygen atoms in total. The molecule has 0 bridgehead atoms. The Balaban J connectivity index is 1.39.